The first kappa shape index (κ1) is 22.6. The van der Waals surface area contributed by atoms with Gasteiger partial charge in [0.15, 0.2) is 0 Å². The summed E-state index contributed by atoms with van der Waals surface area (Å²) in [5.41, 5.74) is 9.43. The number of nitrogens with two attached hydrogens (primary N) is 1. The highest BCUT2D eigenvalue weighted by molar-refractivity contribution is 7.20. The summed E-state index contributed by atoms with van der Waals surface area (Å²) in [6.45, 7) is 2.40. The first-order chi connectivity index (χ1) is 14.6. The molecule has 1 aliphatic rings. The summed E-state index contributed by atoms with van der Waals surface area (Å²) in [6, 6.07) is 6.32. The average molecular weight is 462 g/mol. The number of carboxylic acid groups (broad SMARTS) is 1. The molecule has 1 saturated carbocycles. The van der Waals surface area contributed by atoms with Crippen molar-refractivity contribution in [1.82, 2.24) is 4.98 Å². The van der Waals surface area contributed by atoms with E-state index in [0.717, 1.165) is 40.9 Å². The van der Waals surface area contributed by atoms with Crippen LogP contribution < -0.4 is 11.1 Å². The summed E-state index contributed by atoms with van der Waals surface area (Å²) in [7, 11) is 0. The zero-order chi connectivity index (χ0) is 21.5. The molecule has 3 heterocycles. The Hall–Kier alpha value is -2.11. The Morgan fingerprint density at radius 2 is 2.20 bits per heavy atom. The van der Waals surface area contributed by atoms with Gasteiger partial charge >= 0.3 is 0 Å². The highest BCUT2D eigenvalue weighted by atomic mass is 35.5. The standard InChI is InChI=1S/C21H22ClN3S2.CH2O2/c1-2-6-15-19-21(27-20(15)14-8-3-4-9-16(14)23)17(11-18(22)25-19)24-12-13-7-5-10-26-13;2-1-3/h5,7,10-11,14,16H,3-4,8-9,12,23H2,1H3,(H,24,25);1H,(H,2,3)/t14-,16-;/m0./s1. The zero-order valence-electron chi connectivity index (χ0n) is 16.7. The van der Waals surface area contributed by atoms with E-state index in [9.17, 15) is 0 Å². The van der Waals surface area contributed by atoms with Gasteiger partial charge in [-0.3, -0.25) is 4.79 Å². The van der Waals surface area contributed by atoms with Crippen molar-refractivity contribution < 1.29 is 9.90 Å². The number of hydrogen-bond acceptors (Lipinski definition) is 6. The Kier molecular flexibility index (Phi) is 8.11. The third kappa shape index (κ3) is 5.13. The molecule has 30 heavy (non-hydrogen) atoms. The van der Waals surface area contributed by atoms with E-state index in [1.54, 1.807) is 22.7 Å². The summed E-state index contributed by atoms with van der Waals surface area (Å²) in [6.07, 6.45) is 4.64. The molecular weight excluding hydrogens is 438 g/mol. The number of aromatic nitrogens is 1. The van der Waals surface area contributed by atoms with Gasteiger partial charge in [-0.2, -0.15) is 0 Å². The van der Waals surface area contributed by atoms with E-state index in [4.69, 9.17) is 27.2 Å². The third-order valence-electron chi connectivity index (χ3n) is 5.08. The Balaban J connectivity index is 0.000000806. The van der Waals surface area contributed by atoms with E-state index in [0.29, 0.717) is 11.1 Å². The second-order valence-electron chi connectivity index (χ2n) is 6.98. The monoisotopic (exact) mass is 461 g/mol. The van der Waals surface area contributed by atoms with E-state index < -0.39 is 0 Å². The van der Waals surface area contributed by atoms with Crippen LogP contribution in [0, 0.1) is 11.8 Å². The van der Waals surface area contributed by atoms with Gasteiger partial charge in [-0.05, 0) is 31.2 Å². The molecule has 4 N–H and O–H groups in total. The lowest BCUT2D eigenvalue weighted by atomic mass is 9.83. The highest BCUT2D eigenvalue weighted by Crippen LogP contribution is 2.44. The number of fused-ring (bicyclic) bond motifs is 1. The van der Waals surface area contributed by atoms with Crippen molar-refractivity contribution in [3.05, 3.63) is 44.1 Å². The lowest BCUT2D eigenvalue weighted by molar-refractivity contribution is -0.122. The minimum absolute atomic E-state index is 0.196. The van der Waals surface area contributed by atoms with Gasteiger partial charge in [0.05, 0.1) is 16.0 Å². The maximum atomic E-state index is 8.36. The fourth-order valence-electron chi connectivity index (χ4n) is 3.77. The minimum Gasteiger partial charge on any atom is -0.483 e. The molecule has 0 saturated heterocycles. The van der Waals surface area contributed by atoms with Gasteiger partial charge in [0.2, 0.25) is 0 Å². The van der Waals surface area contributed by atoms with Gasteiger partial charge in [-0.15, -0.1) is 28.6 Å². The third-order valence-corrected chi connectivity index (χ3v) is 7.49. The quantitative estimate of drug-likeness (QED) is 0.264. The second kappa shape index (κ2) is 10.8. The molecule has 0 radical (unpaired) electrons. The van der Waals surface area contributed by atoms with Crippen LogP contribution in [0.1, 0.15) is 53.8 Å². The van der Waals surface area contributed by atoms with Crippen LogP contribution in [0.25, 0.3) is 10.2 Å². The van der Waals surface area contributed by atoms with Crippen LogP contribution in [0.5, 0.6) is 0 Å². The van der Waals surface area contributed by atoms with Gasteiger partial charge in [0.25, 0.3) is 6.47 Å². The minimum atomic E-state index is -0.250. The summed E-state index contributed by atoms with van der Waals surface area (Å²) >= 11 is 9.89. The molecule has 0 unspecified atom stereocenters. The topological polar surface area (TPSA) is 88.2 Å². The Morgan fingerprint density at radius 1 is 1.43 bits per heavy atom. The summed E-state index contributed by atoms with van der Waals surface area (Å²) in [4.78, 5) is 15.6. The number of thiophene rings is 2. The lowest BCUT2D eigenvalue weighted by Crippen LogP contribution is -2.31. The summed E-state index contributed by atoms with van der Waals surface area (Å²) in [5.74, 6) is 6.72. The van der Waals surface area contributed by atoms with Crippen molar-refractivity contribution in [3.8, 4) is 11.8 Å². The van der Waals surface area contributed by atoms with E-state index >= 15 is 0 Å². The van der Waals surface area contributed by atoms with Crippen molar-refractivity contribution in [2.24, 2.45) is 5.73 Å². The van der Waals surface area contributed by atoms with Gasteiger partial charge in [0.1, 0.15) is 10.7 Å². The molecule has 0 bridgehead atoms. The van der Waals surface area contributed by atoms with Crippen molar-refractivity contribution in [3.63, 3.8) is 0 Å². The molecule has 0 aliphatic heterocycles. The molecule has 0 aromatic carbocycles. The van der Waals surface area contributed by atoms with Crippen LogP contribution in [0.4, 0.5) is 5.69 Å². The van der Waals surface area contributed by atoms with E-state index in [1.807, 2.05) is 13.0 Å². The largest absolute Gasteiger partial charge is 0.483 e. The molecule has 0 spiro atoms. The lowest BCUT2D eigenvalue weighted by Gasteiger charge is -2.28. The number of anilines is 1. The predicted octanol–water partition coefficient (Wildman–Crippen LogP) is 5.68. The maximum Gasteiger partial charge on any atom is 0.290 e. The number of halogens is 1. The van der Waals surface area contributed by atoms with Gasteiger partial charge < -0.3 is 16.2 Å². The van der Waals surface area contributed by atoms with Gasteiger partial charge in [-0.25, -0.2) is 4.98 Å². The smallest absolute Gasteiger partial charge is 0.290 e. The molecule has 3 aromatic rings. The zero-order valence-corrected chi connectivity index (χ0v) is 19.0. The van der Waals surface area contributed by atoms with E-state index in [2.05, 4.69) is 39.7 Å². The molecule has 2 atom stereocenters. The molecule has 8 heteroatoms. The molecule has 0 amide bonds. The van der Waals surface area contributed by atoms with Crippen LogP contribution in [-0.2, 0) is 11.3 Å². The van der Waals surface area contributed by atoms with E-state index in [-0.39, 0.29) is 12.5 Å². The van der Waals surface area contributed by atoms with Crippen molar-refractivity contribution in [2.75, 3.05) is 5.32 Å². The molecule has 3 aromatic heterocycles. The molecule has 4 rings (SSSR count). The predicted molar refractivity (Wildman–Crippen MR) is 127 cm³/mol. The normalized spacial score (nSPS) is 18.1. The molecule has 5 nitrogen and oxygen atoms in total. The average Bonchev–Trinajstić information content (AvgIpc) is 3.36. The first-order valence-electron chi connectivity index (χ1n) is 9.74. The van der Waals surface area contributed by atoms with Crippen molar-refractivity contribution in [2.45, 2.75) is 51.1 Å². The van der Waals surface area contributed by atoms with Crippen LogP contribution >= 0.6 is 34.3 Å². The Labute approximate surface area is 189 Å². The van der Waals surface area contributed by atoms with Crippen LogP contribution in [0.15, 0.2) is 23.6 Å². The van der Waals surface area contributed by atoms with Crippen molar-refractivity contribution >= 4 is 56.7 Å². The van der Waals surface area contributed by atoms with Gasteiger partial charge in [0, 0.05) is 34.3 Å². The highest BCUT2D eigenvalue weighted by Gasteiger charge is 2.29. The van der Waals surface area contributed by atoms with Crippen LogP contribution in [0.3, 0.4) is 0 Å². The number of nitrogens with zero attached hydrogens (tertiary/aromatic N) is 1. The maximum absolute atomic E-state index is 8.36. The first-order valence-corrected chi connectivity index (χ1v) is 11.8. The number of carbonyl (C=O) groups is 1. The summed E-state index contributed by atoms with van der Waals surface area (Å²) in [5, 5.41) is 13.0. The number of hydrogen-bond donors (Lipinski definition) is 3. The van der Waals surface area contributed by atoms with Crippen LogP contribution in [0.2, 0.25) is 5.15 Å². The van der Waals surface area contributed by atoms with Gasteiger partial charge in [-0.1, -0.05) is 36.4 Å². The molecule has 1 aliphatic carbocycles. The molecule has 158 valence electrons. The fraction of sp³-hybridized carbons (Fsp3) is 0.364. The molecule has 1 fully saturated rings. The van der Waals surface area contributed by atoms with E-state index in [1.165, 1.54) is 22.6 Å². The number of pyridine rings is 1. The number of rotatable bonds is 4. The SMILES string of the molecule is CC#Cc1c([C@H]2CCCC[C@@H]2N)sc2c(NCc3cccs3)cc(Cl)nc12.O=CO. The second-order valence-corrected chi connectivity index (χ2v) is 9.45. The Bertz CT molecular complexity index is 1050. The van der Waals surface area contributed by atoms with Crippen LogP contribution in [-0.4, -0.2) is 22.6 Å². The summed E-state index contributed by atoms with van der Waals surface area (Å²) < 4.78 is 1.13. The number of nitrogens with one attached hydrogen (secondary N) is 1. The van der Waals surface area contributed by atoms with Crippen molar-refractivity contribution in [1.29, 1.82) is 0 Å². The fourth-order valence-corrected chi connectivity index (χ4v) is 6.01. The molecular formula is C22H24ClN3O2S2. The Morgan fingerprint density at radius 3 is 2.87 bits per heavy atom.